The van der Waals surface area contributed by atoms with Gasteiger partial charge in [-0.15, -0.1) is 0 Å². The first-order valence-corrected chi connectivity index (χ1v) is 6.57. The summed E-state index contributed by atoms with van der Waals surface area (Å²) in [5.74, 6) is -0.109. The first-order valence-electron chi connectivity index (χ1n) is 6.57. The lowest BCUT2D eigenvalue weighted by Crippen LogP contribution is -2.03. The molecule has 0 spiro atoms. The van der Waals surface area contributed by atoms with E-state index >= 15 is 0 Å². The first-order chi connectivity index (χ1) is 10.7. The summed E-state index contributed by atoms with van der Waals surface area (Å²) < 4.78 is 30.5. The number of hydrogen-bond acceptors (Lipinski definition) is 3. The van der Waals surface area contributed by atoms with Crippen molar-refractivity contribution in [3.8, 4) is 17.0 Å². The highest BCUT2D eigenvalue weighted by atomic mass is 19.3. The minimum absolute atomic E-state index is 0.109. The molecule has 1 N–H and O–H groups in total. The number of pyridine rings is 2. The lowest BCUT2D eigenvalue weighted by atomic mass is 10.1. The molecule has 110 valence electrons. The number of ether oxygens (including phenoxy) is 1. The number of alkyl halides is 2. The van der Waals surface area contributed by atoms with Gasteiger partial charge in [0.2, 0.25) is 5.88 Å². The molecule has 0 radical (unpaired) electrons. The second-order valence-electron chi connectivity index (χ2n) is 4.74. The molecule has 0 aromatic carbocycles. The Bertz CT molecular complexity index is 960. The largest absolute Gasteiger partial charge is 0.417 e. The molecule has 4 rings (SSSR count). The molecule has 0 aliphatic carbocycles. The summed E-state index contributed by atoms with van der Waals surface area (Å²) in [4.78, 5) is 7.02. The third-order valence-corrected chi connectivity index (χ3v) is 3.43. The Kier molecular flexibility index (Phi) is 2.78. The zero-order chi connectivity index (χ0) is 15.1. The van der Waals surface area contributed by atoms with Crippen LogP contribution >= 0.6 is 0 Å². The summed E-state index contributed by atoms with van der Waals surface area (Å²) in [5.41, 5.74) is 3.40. The summed E-state index contributed by atoms with van der Waals surface area (Å²) in [6.45, 7) is -2.89. The lowest BCUT2D eigenvalue weighted by molar-refractivity contribution is -0.0526. The highest BCUT2D eigenvalue weighted by Crippen LogP contribution is 2.29. The fourth-order valence-electron chi connectivity index (χ4n) is 2.47. The zero-order valence-corrected chi connectivity index (χ0v) is 11.2. The standard InChI is InChI=1S/C15H10F2N4O/c16-15(17)22-13-2-1-11-12(8-18-14(11)20-13)9-4-6-21-10(7-9)3-5-19-21/h1-8,15H,(H,18,20). The summed E-state index contributed by atoms with van der Waals surface area (Å²) in [7, 11) is 0. The normalized spacial score (nSPS) is 11.6. The molecule has 0 fully saturated rings. The van der Waals surface area contributed by atoms with E-state index in [1.54, 1.807) is 23.0 Å². The van der Waals surface area contributed by atoms with E-state index in [1.807, 2.05) is 24.4 Å². The SMILES string of the molecule is FC(F)Oc1ccc2c(-c3ccn4nccc4c3)c[nH]c2n1. The number of fused-ring (bicyclic) bond motifs is 2. The molecule has 0 aliphatic heterocycles. The van der Waals surface area contributed by atoms with Gasteiger partial charge in [-0.05, 0) is 29.8 Å². The van der Waals surface area contributed by atoms with Gasteiger partial charge >= 0.3 is 6.61 Å². The van der Waals surface area contributed by atoms with E-state index in [9.17, 15) is 8.78 Å². The van der Waals surface area contributed by atoms with Crippen LogP contribution in [0.1, 0.15) is 0 Å². The Morgan fingerprint density at radius 2 is 2.09 bits per heavy atom. The first kappa shape index (κ1) is 12.8. The van der Waals surface area contributed by atoms with Crippen molar-refractivity contribution in [1.82, 2.24) is 19.6 Å². The molecule has 0 unspecified atom stereocenters. The van der Waals surface area contributed by atoms with Gasteiger partial charge in [-0.1, -0.05) is 0 Å². The van der Waals surface area contributed by atoms with Crippen molar-refractivity contribution < 1.29 is 13.5 Å². The van der Waals surface area contributed by atoms with Gasteiger partial charge in [-0.2, -0.15) is 18.9 Å². The number of aromatic nitrogens is 4. The minimum Gasteiger partial charge on any atom is -0.417 e. The number of hydrogen-bond donors (Lipinski definition) is 1. The van der Waals surface area contributed by atoms with E-state index in [2.05, 4.69) is 19.8 Å². The quantitative estimate of drug-likeness (QED) is 0.630. The molecule has 4 heterocycles. The molecule has 0 saturated carbocycles. The maximum Gasteiger partial charge on any atom is 0.388 e. The van der Waals surface area contributed by atoms with Gasteiger partial charge in [0.1, 0.15) is 5.65 Å². The predicted octanol–water partition coefficient (Wildman–Crippen LogP) is 3.48. The van der Waals surface area contributed by atoms with Crippen LogP contribution in [0.2, 0.25) is 0 Å². The van der Waals surface area contributed by atoms with Crippen LogP contribution in [0.4, 0.5) is 8.78 Å². The van der Waals surface area contributed by atoms with Crippen LogP contribution in [0.25, 0.3) is 27.7 Å². The number of H-pyrrole nitrogens is 1. The van der Waals surface area contributed by atoms with Crippen LogP contribution in [-0.4, -0.2) is 26.2 Å². The fourth-order valence-corrected chi connectivity index (χ4v) is 2.47. The van der Waals surface area contributed by atoms with Gasteiger partial charge in [0, 0.05) is 35.6 Å². The number of aromatic amines is 1. The predicted molar refractivity (Wildman–Crippen MR) is 76.9 cm³/mol. The van der Waals surface area contributed by atoms with Crippen molar-refractivity contribution in [3.05, 3.63) is 48.9 Å². The van der Waals surface area contributed by atoms with Gasteiger partial charge in [-0.3, -0.25) is 0 Å². The van der Waals surface area contributed by atoms with Crippen LogP contribution < -0.4 is 4.74 Å². The van der Waals surface area contributed by atoms with Crippen molar-refractivity contribution in [2.75, 3.05) is 0 Å². The molecule has 22 heavy (non-hydrogen) atoms. The number of nitrogens with zero attached hydrogens (tertiary/aromatic N) is 3. The maximum absolute atomic E-state index is 12.2. The van der Waals surface area contributed by atoms with Crippen molar-refractivity contribution in [3.63, 3.8) is 0 Å². The van der Waals surface area contributed by atoms with Crippen molar-refractivity contribution in [2.45, 2.75) is 6.61 Å². The van der Waals surface area contributed by atoms with Crippen LogP contribution in [-0.2, 0) is 0 Å². The maximum atomic E-state index is 12.2. The van der Waals surface area contributed by atoms with Crippen molar-refractivity contribution in [2.24, 2.45) is 0 Å². The fraction of sp³-hybridized carbons (Fsp3) is 0.0667. The zero-order valence-electron chi connectivity index (χ0n) is 11.2. The van der Waals surface area contributed by atoms with E-state index in [1.165, 1.54) is 6.07 Å². The van der Waals surface area contributed by atoms with E-state index in [4.69, 9.17) is 0 Å². The highest BCUT2D eigenvalue weighted by molar-refractivity contribution is 5.94. The Labute approximate surface area is 123 Å². The van der Waals surface area contributed by atoms with Crippen LogP contribution in [0.15, 0.2) is 48.9 Å². The summed E-state index contributed by atoms with van der Waals surface area (Å²) in [6.07, 6.45) is 5.39. The molecular weight excluding hydrogens is 290 g/mol. The summed E-state index contributed by atoms with van der Waals surface area (Å²) >= 11 is 0. The summed E-state index contributed by atoms with van der Waals surface area (Å²) in [5, 5.41) is 4.99. The van der Waals surface area contributed by atoms with Gasteiger partial charge in [0.05, 0.1) is 5.52 Å². The van der Waals surface area contributed by atoms with Gasteiger partial charge < -0.3 is 9.72 Å². The Balaban J connectivity index is 1.81. The topological polar surface area (TPSA) is 55.2 Å². The van der Waals surface area contributed by atoms with Crippen molar-refractivity contribution in [1.29, 1.82) is 0 Å². The molecule has 7 heteroatoms. The van der Waals surface area contributed by atoms with E-state index < -0.39 is 6.61 Å². The highest BCUT2D eigenvalue weighted by Gasteiger charge is 2.11. The molecular formula is C15H10F2N4O. The number of rotatable bonds is 3. The third-order valence-electron chi connectivity index (χ3n) is 3.43. The Morgan fingerprint density at radius 1 is 1.18 bits per heavy atom. The minimum atomic E-state index is -2.89. The molecule has 5 nitrogen and oxygen atoms in total. The molecule has 0 amide bonds. The van der Waals surface area contributed by atoms with Crippen LogP contribution in [0.3, 0.4) is 0 Å². The van der Waals surface area contributed by atoms with E-state index in [-0.39, 0.29) is 5.88 Å². The molecule has 0 bridgehead atoms. The van der Waals surface area contributed by atoms with Gasteiger partial charge in [-0.25, -0.2) is 4.52 Å². The molecule has 0 saturated heterocycles. The van der Waals surface area contributed by atoms with E-state index in [0.29, 0.717) is 5.65 Å². The average Bonchev–Trinajstić information content (AvgIpc) is 3.11. The van der Waals surface area contributed by atoms with Crippen LogP contribution in [0, 0.1) is 0 Å². The number of nitrogens with one attached hydrogen (secondary N) is 1. The summed E-state index contributed by atoms with van der Waals surface area (Å²) in [6, 6.07) is 8.99. The molecule has 4 aromatic rings. The second-order valence-corrected chi connectivity index (χ2v) is 4.74. The van der Waals surface area contributed by atoms with Gasteiger partial charge in [0.15, 0.2) is 0 Å². The Hall–Kier alpha value is -2.96. The second kappa shape index (κ2) is 4.80. The van der Waals surface area contributed by atoms with E-state index in [0.717, 1.165) is 22.0 Å². The lowest BCUT2D eigenvalue weighted by Gasteiger charge is -2.04. The van der Waals surface area contributed by atoms with Crippen molar-refractivity contribution >= 4 is 16.6 Å². The monoisotopic (exact) mass is 300 g/mol. The smallest absolute Gasteiger partial charge is 0.388 e. The van der Waals surface area contributed by atoms with Crippen LogP contribution in [0.5, 0.6) is 5.88 Å². The van der Waals surface area contributed by atoms with Gasteiger partial charge in [0.25, 0.3) is 0 Å². The average molecular weight is 300 g/mol. The molecule has 4 aromatic heterocycles. The number of halogens is 2. The third kappa shape index (κ3) is 2.07. The molecule has 0 aliphatic rings. The Morgan fingerprint density at radius 3 is 2.95 bits per heavy atom. The molecule has 0 atom stereocenters.